The maximum absolute atomic E-state index is 11.5. The van der Waals surface area contributed by atoms with Crippen LogP contribution in [0.2, 0.25) is 0 Å². The minimum absolute atomic E-state index is 0.170. The summed E-state index contributed by atoms with van der Waals surface area (Å²) in [5.74, 6) is 2.48. The third-order valence-electron chi connectivity index (χ3n) is 6.78. The number of hydrogen-bond acceptors (Lipinski definition) is 4. The van der Waals surface area contributed by atoms with Crippen LogP contribution in [0, 0.1) is 18.8 Å². The van der Waals surface area contributed by atoms with Gasteiger partial charge in [0.05, 0.1) is 12.1 Å². The van der Waals surface area contributed by atoms with Gasteiger partial charge in [0.2, 0.25) is 5.91 Å². The maximum Gasteiger partial charge on any atom is 0.219 e. The predicted octanol–water partition coefficient (Wildman–Crippen LogP) is 1.45. The molecular weight excluding hydrogens is 316 g/mol. The van der Waals surface area contributed by atoms with Crippen LogP contribution in [0.5, 0.6) is 0 Å². The van der Waals surface area contributed by atoms with E-state index in [1.807, 2.05) is 24.2 Å². The molecule has 3 fully saturated rings. The van der Waals surface area contributed by atoms with Gasteiger partial charge in [-0.25, -0.2) is 4.98 Å². The Bertz CT molecular complexity index is 623. The summed E-state index contributed by atoms with van der Waals surface area (Å²) in [5, 5.41) is 10.7. The Morgan fingerprint density at radius 3 is 2.48 bits per heavy atom. The Morgan fingerprint density at radius 1 is 1.20 bits per heavy atom. The Hall–Kier alpha value is -1.40. The largest absolute Gasteiger partial charge is 0.391 e. The highest BCUT2D eigenvalue weighted by Crippen LogP contribution is 2.42. The molecule has 1 saturated carbocycles. The van der Waals surface area contributed by atoms with E-state index in [-0.39, 0.29) is 18.1 Å². The van der Waals surface area contributed by atoms with E-state index >= 15 is 0 Å². The quantitative estimate of drug-likeness (QED) is 0.880. The molecule has 6 heteroatoms. The summed E-state index contributed by atoms with van der Waals surface area (Å²) in [7, 11) is 0. The molecule has 1 amide bonds. The van der Waals surface area contributed by atoms with Crippen molar-refractivity contribution in [3.8, 4) is 0 Å². The molecule has 0 radical (unpaired) electrons. The number of amides is 1. The van der Waals surface area contributed by atoms with Crippen LogP contribution in [-0.4, -0.2) is 68.7 Å². The predicted molar refractivity (Wildman–Crippen MR) is 95.1 cm³/mol. The molecule has 2 saturated heterocycles. The summed E-state index contributed by atoms with van der Waals surface area (Å²) < 4.78 is 2.16. The number of aromatic nitrogens is 2. The number of hydrogen-bond donors (Lipinski definition) is 1. The van der Waals surface area contributed by atoms with Gasteiger partial charge in [0.15, 0.2) is 0 Å². The second-order valence-corrected chi connectivity index (χ2v) is 8.20. The molecule has 0 unspecified atom stereocenters. The highest BCUT2D eigenvalue weighted by molar-refractivity contribution is 5.73. The van der Waals surface area contributed by atoms with Gasteiger partial charge in [0.1, 0.15) is 5.82 Å². The van der Waals surface area contributed by atoms with Crippen molar-refractivity contribution in [3.63, 3.8) is 0 Å². The van der Waals surface area contributed by atoms with Crippen LogP contribution < -0.4 is 0 Å². The summed E-state index contributed by atoms with van der Waals surface area (Å²) >= 11 is 0. The van der Waals surface area contributed by atoms with E-state index in [2.05, 4.69) is 14.5 Å². The molecule has 0 aromatic carbocycles. The normalized spacial score (nSPS) is 34.3. The van der Waals surface area contributed by atoms with Gasteiger partial charge in [0, 0.05) is 51.5 Å². The first-order valence-corrected chi connectivity index (χ1v) is 9.70. The number of aliphatic hydroxyl groups excluding tert-OH is 1. The lowest BCUT2D eigenvalue weighted by Crippen LogP contribution is -2.45. The first kappa shape index (κ1) is 17.0. The van der Waals surface area contributed by atoms with Gasteiger partial charge in [-0.3, -0.25) is 9.69 Å². The van der Waals surface area contributed by atoms with E-state index in [0.717, 1.165) is 57.7 Å². The van der Waals surface area contributed by atoms with E-state index in [1.165, 1.54) is 0 Å². The summed E-state index contributed by atoms with van der Waals surface area (Å²) in [6, 6.07) is 0.773. The zero-order valence-electron chi connectivity index (χ0n) is 15.3. The van der Waals surface area contributed by atoms with Gasteiger partial charge in [-0.2, -0.15) is 0 Å². The smallest absolute Gasteiger partial charge is 0.219 e. The number of piperidine rings is 1. The molecule has 1 aromatic rings. The molecule has 2 aliphatic heterocycles. The second-order valence-electron chi connectivity index (χ2n) is 8.20. The van der Waals surface area contributed by atoms with Crippen LogP contribution in [0.4, 0.5) is 0 Å². The molecule has 0 spiro atoms. The molecule has 4 atom stereocenters. The van der Waals surface area contributed by atoms with Crippen molar-refractivity contribution < 1.29 is 9.90 Å². The van der Waals surface area contributed by atoms with Gasteiger partial charge in [-0.05, 0) is 44.4 Å². The third kappa shape index (κ3) is 3.22. The Balaban J connectivity index is 1.39. The average Bonchev–Trinajstić information content (AvgIpc) is 3.19. The SMILES string of the molecule is CC(=O)N1CCC(N2C[C@H]3C[C@H](O)[C@@H](n4ccnc4C)C[C@H]3C2)CC1. The molecule has 1 aromatic heterocycles. The van der Waals surface area contributed by atoms with E-state index in [0.29, 0.717) is 17.9 Å². The van der Waals surface area contributed by atoms with E-state index in [1.54, 1.807) is 6.92 Å². The molecule has 25 heavy (non-hydrogen) atoms. The number of carbonyl (C=O) groups excluding carboxylic acids is 1. The van der Waals surface area contributed by atoms with Gasteiger partial charge in [0.25, 0.3) is 0 Å². The van der Waals surface area contributed by atoms with Crippen LogP contribution >= 0.6 is 0 Å². The summed E-state index contributed by atoms with van der Waals surface area (Å²) in [6.07, 6.45) is 7.69. The standard InChI is InChI=1S/C19H30N4O2/c1-13-20-5-8-23(13)18-9-15-11-22(12-16(15)10-19(18)25)17-3-6-21(7-4-17)14(2)24/h5,8,15-19,25H,3-4,6-7,9-12H2,1-2H3/t15-,16+,18-,19-/m0/s1. The van der Waals surface area contributed by atoms with Gasteiger partial charge in [-0.1, -0.05) is 0 Å². The minimum atomic E-state index is -0.270. The molecule has 3 aliphatic rings. The monoisotopic (exact) mass is 346 g/mol. The number of fused-ring (bicyclic) bond motifs is 1. The first-order chi connectivity index (χ1) is 12.0. The highest BCUT2D eigenvalue weighted by Gasteiger charge is 2.44. The van der Waals surface area contributed by atoms with Crippen LogP contribution in [0.3, 0.4) is 0 Å². The third-order valence-corrected chi connectivity index (χ3v) is 6.78. The fourth-order valence-electron chi connectivity index (χ4n) is 5.32. The fourth-order valence-corrected chi connectivity index (χ4v) is 5.32. The first-order valence-electron chi connectivity index (χ1n) is 9.70. The fraction of sp³-hybridized carbons (Fsp3) is 0.789. The van der Waals surface area contributed by atoms with Crippen molar-refractivity contribution in [1.82, 2.24) is 19.4 Å². The summed E-state index contributed by atoms with van der Waals surface area (Å²) in [6.45, 7) is 7.73. The Labute approximate surface area is 149 Å². The van der Waals surface area contributed by atoms with Crippen molar-refractivity contribution in [2.75, 3.05) is 26.2 Å². The average molecular weight is 346 g/mol. The molecule has 4 rings (SSSR count). The Kier molecular flexibility index (Phi) is 4.58. The van der Waals surface area contributed by atoms with Gasteiger partial charge < -0.3 is 14.6 Å². The van der Waals surface area contributed by atoms with E-state index in [9.17, 15) is 9.90 Å². The number of rotatable bonds is 2. The van der Waals surface area contributed by atoms with Crippen molar-refractivity contribution >= 4 is 5.91 Å². The number of aryl methyl sites for hydroxylation is 1. The van der Waals surface area contributed by atoms with Gasteiger partial charge in [-0.15, -0.1) is 0 Å². The lowest BCUT2D eigenvalue weighted by atomic mass is 9.77. The molecule has 1 N–H and O–H groups in total. The van der Waals surface area contributed by atoms with Gasteiger partial charge >= 0.3 is 0 Å². The zero-order chi connectivity index (χ0) is 17.6. The highest BCUT2D eigenvalue weighted by atomic mass is 16.3. The molecule has 3 heterocycles. The molecule has 6 nitrogen and oxygen atoms in total. The number of likely N-dealkylation sites (tertiary alicyclic amines) is 2. The lowest BCUT2D eigenvalue weighted by Gasteiger charge is -2.36. The number of aliphatic hydroxyl groups is 1. The van der Waals surface area contributed by atoms with Crippen molar-refractivity contribution in [1.29, 1.82) is 0 Å². The van der Waals surface area contributed by atoms with Crippen molar-refractivity contribution in [2.45, 2.75) is 57.7 Å². The van der Waals surface area contributed by atoms with Crippen LogP contribution in [0.1, 0.15) is 44.5 Å². The number of imidazole rings is 1. The second kappa shape index (κ2) is 6.72. The minimum Gasteiger partial charge on any atom is -0.391 e. The Morgan fingerprint density at radius 2 is 1.88 bits per heavy atom. The van der Waals surface area contributed by atoms with Crippen molar-refractivity contribution in [3.05, 3.63) is 18.2 Å². The molecule has 138 valence electrons. The molecule has 0 bridgehead atoms. The number of nitrogens with zero attached hydrogens (tertiary/aromatic N) is 4. The summed E-state index contributed by atoms with van der Waals surface area (Å²) in [4.78, 5) is 20.5. The van der Waals surface area contributed by atoms with E-state index < -0.39 is 0 Å². The van der Waals surface area contributed by atoms with Crippen molar-refractivity contribution in [2.24, 2.45) is 11.8 Å². The van der Waals surface area contributed by atoms with E-state index in [4.69, 9.17) is 0 Å². The molecule has 1 aliphatic carbocycles. The zero-order valence-corrected chi connectivity index (χ0v) is 15.3. The van der Waals surface area contributed by atoms with Crippen LogP contribution in [-0.2, 0) is 4.79 Å². The summed E-state index contributed by atoms with van der Waals surface area (Å²) in [5.41, 5.74) is 0. The number of carbonyl (C=O) groups is 1. The molecular formula is C19H30N4O2. The maximum atomic E-state index is 11.5. The van der Waals surface area contributed by atoms with Crippen LogP contribution in [0.25, 0.3) is 0 Å². The van der Waals surface area contributed by atoms with Crippen LogP contribution in [0.15, 0.2) is 12.4 Å². The topological polar surface area (TPSA) is 61.6 Å². The lowest BCUT2D eigenvalue weighted by molar-refractivity contribution is -0.130.